The van der Waals surface area contributed by atoms with Gasteiger partial charge in [0.2, 0.25) is 0 Å². The van der Waals surface area contributed by atoms with Crippen molar-refractivity contribution in [3.05, 3.63) is 33.6 Å². The SMILES string of the molecule is Cc1ncc([N+](=O)[O-])cc1C(=O)N1CCCC1CN.Cl. The van der Waals surface area contributed by atoms with E-state index >= 15 is 0 Å². The number of rotatable bonds is 3. The second-order valence-electron chi connectivity index (χ2n) is 4.61. The van der Waals surface area contributed by atoms with E-state index in [-0.39, 0.29) is 35.6 Å². The Hall–Kier alpha value is -1.73. The van der Waals surface area contributed by atoms with Gasteiger partial charge in [0.05, 0.1) is 16.2 Å². The average molecular weight is 301 g/mol. The molecule has 1 aromatic heterocycles. The first-order valence-electron chi connectivity index (χ1n) is 6.16. The second kappa shape index (κ2) is 6.62. The highest BCUT2D eigenvalue weighted by Gasteiger charge is 2.30. The van der Waals surface area contributed by atoms with Crippen LogP contribution in [-0.2, 0) is 0 Å². The lowest BCUT2D eigenvalue weighted by atomic mass is 10.1. The van der Waals surface area contributed by atoms with Gasteiger partial charge in [-0.2, -0.15) is 0 Å². The molecule has 1 unspecified atom stereocenters. The van der Waals surface area contributed by atoms with Crippen LogP contribution in [0.15, 0.2) is 12.3 Å². The molecule has 110 valence electrons. The molecule has 0 saturated carbocycles. The number of nitrogens with zero attached hydrogens (tertiary/aromatic N) is 3. The summed E-state index contributed by atoms with van der Waals surface area (Å²) in [4.78, 5) is 28.2. The summed E-state index contributed by atoms with van der Waals surface area (Å²) in [6.07, 6.45) is 2.95. The van der Waals surface area contributed by atoms with E-state index in [1.165, 1.54) is 6.07 Å². The number of nitrogens with two attached hydrogens (primary N) is 1. The minimum atomic E-state index is -0.548. The molecule has 2 heterocycles. The molecule has 1 fully saturated rings. The zero-order valence-electron chi connectivity index (χ0n) is 11.1. The topological polar surface area (TPSA) is 102 Å². The minimum absolute atomic E-state index is 0. The molecule has 0 spiro atoms. The van der Waals surface area contributed by atoms with Crippen LogP contribution in [0.1, 0.15) is 28.9 Å². The van der Waals surface area contributed by atoms with E-state index in [1.807, 2.05) is 0 Å². The molecule has 1 atom stereocenters. The molecule has 7 nitrogen and oxygen atoms in total. The number of amides is 1. The van der Waals surface area contributed by atoms with E-state index in [0.717, 1.165) is 19.0 Å². The highest BCUT2D eigenvalue weighted by atomic mass is 35.5. The van der Waals surface area contributed by atoms with Crippen LogP contribution in [0.3, 0.4) is 0 Å². The van der Waals surface area contributed by atoms with Gasteiger partial charge in [-0.1, -0.05) is 0 Å². The predicted molar refractivity (Wildman–Crippen MR) is 76.0 cm³/mol. The minimum Gasteiger partial charge on any atom is -0.334 e. The van der Waals surface area contributed by atoms with Gasteiger partial charge in [0.25, 0.3) is 11.6 Å². The van der Waals surface area contributed by atoms with E-state index in [1.54, 1.807) is 11.8 Å². The zero-order valence-corrected chi connectivity index (χ0v) is 11.9. The molecule has 0 aliphatic carbocycles. The molecule has 2 N–H and O–H groups in total. The molecule has 20 heavy (non-hydrogen) atoms. The molecule has 1 aliphatic heterocycles. The third-order valence-corrected chi connectivity index (χ3v) is 3.42. The van der Waals surface area contributed by atoms with Crippen molar-refractivity contribution in [2.75, 3.05) is 13.1 Å². The molecular weight excluding hydrogens is 284 g/mol. The first kappa shape index (κ1) is 16.3. The Balaban J connectivity index is 0.00000200. The third kappa shape index (κ3) is 3.05. The van der Waals surface area contributed by atoms with E-state index in [9.17, 15) is 14.9 Å². The number of aromatic nitrogens is 1. The van der Waals surface area contributed by atoms with Gasteiger partial charge in [-0.25, -0.2) is 0 Å². The summed E-state index contributed by atoms with van der Waals surface area (Å²) < 4.78 is 0. The summed E-state index contributed by atoms with van der Waals surface area (Å²) in [6, 6.07) is 1.31. The van der Waals surface area contributed by atoms with Gasteiger partial charge < -0.3 is 10.6 Å². The molecule has 0 aromatic carbocycles. The van der Waals surface area contributed by atoms with E-state index in [0.29, 0.717) is 18.8 Å². The summed E-state index contributed by atoms with van der Waals surface area (Å²) in [5, 5.41) is 10.7. The van der Waals surface area contributed by atoms with Gasteiger partial charge in [0, 0.05) is 25.2 Å². The zero-order chi connectivity index (χ0) is 14.0. The fourth-order valence-corrected chi connectivity index (χ4v) is 2.34. The van der Waals surface area contributed by atoms with Crippen molar-refractivity contribution in [1.29, 1.82) is 0 Å². The number of likely N-dealkylation sites (tertiary alicyclic amines) is 1. The van der Waals surface area contributed by atoms with Gasteiger partial charge in [-0.3, -0.25) is 19.9 Å². The molecule has 1 aromatic rings. The summed E-state index contributed by atoms with van der Waals surface area (Å²) in [5.74, 6) is -0.221. The summed E-state index contributed by atoms with van der Waals surface area (Å²) >= 11 is 0. The Bertz CT molecular complexity index is 523. The number of pyridine rings is 1. The van der Waals surface area contributed by atoms with Crippen molar-refractivity contribution >= 4 is 24.0 Å². The van der Waals surface area contributed by atoms with Crippen LogP contribution in [0.2, 0.25) is 0 Å². The standard InChI is InChI=1S/C12H16N4O3.ClH/c1-8-11(5-10(7-14-8)16(18)19)12(17)15-4-2-3-9(15)6-13;/h5,7,9H,2-4,6,13H2,1H3;1H. The molecule has 8 heteroatoms. The molecule has 0 bridgehead atoms. The number of carbonyl (C=O) groups excluding carboxylic acids is 1. The average Bonchev–Trinajstić information content (AvgIpc) is 2.86. The fourth-order valence-electron chi connectivity index (χ4n) is 2.34. The summed E-state index contributed by atoms with van der Waals surface area (Å²) in [6.45, 7) is 2.72. The smallest absolute Gasteiger partial charge is 0.288 e. The first-order chi connectivity index (χ1) is 9.04. The predicted octanol–water partition coefficient (Wildman–Crippen LogP) is 1.28. The van der Waals surface area contributed by atoms with Crippen LogP contribution in [0, 0.1) is 17.0 Å². The van der Waals surface area contributed by atoms with Crippen molar-refractivity contribution in [2.45, 2.75) is 25.8 Å². The van der Waals surface area contributed by atoms with Crippen LogP contribution < -0.4 is 5.73 Å². The van der Waals surface area contributed by atoms with E-state index in [4.69, 9.17) is 5.73 Å². The van der Waals surface area contributed by atoms with Crippen molar-refractivity contribution in [1.82, 2.24) is 9.88 Å². The molecular formula is C12H17ClN4O3. The van der Waals surface area contributed by atoms with Crippen molar-refractivity contribution in [3.63, 3.8) is 0 Å². The molecule has 1 saturated heterocycles. The Labute approximate surface area is 122 Å². The highest BCUT2D eigenvalue weighted by Crippen LogP contribution is 2.22. The maximum absolute atomic E-state index is 12.4. The maximum atomic E-state index is 12.4. The number of halogens is 1. The van der Waals surface area contributed by atoms with Crippen LogP contribution in [0.5, 0.6) is 0 Å². The fraction of sp³-hybridized carbons (Fsp3) is 0.500. The van der Waals surface area contributed by atoms with Crippen molar-refractivity contribution in [2.24, 2.45) is 5.73 Å². The van der Waals surface area contributed by atoms with Crippen LogP contribution in [0.25, 0.3) is 0 Å². The Morgan fingerprint density at radius 1 is 1.65 bits per heavy atom. The molecule has 0 radical (unpaired) electrons. The number of nitro groups is 1. The largest absolute Gasteiger partial charge is 0.334 e. The van der Waals surface area contributed by atoms with E-state index < -0.39 is 4.92 Å². The van der Waals surface area contributed by atoms with Crippen molar-refractivity contribution in [3.8, 4) is 0 Å². The van der Waals surface area contributed by atoms with Gasteiger partial charge in [-0.15, -0.1) is 12.4 Å². The highest BCUT2D eigenvalue weighted by molar-refractivity contribution is 5.96. The molecule has 1 amide bonds. The Kier molecular flexibility index (Phi) is 5.41. The van der Waals surface area contributed by atoms with Crippen LogP contribution in [-0.4, -0.2) is 39.8 Å². The van der Waals surface area contributed by atoms with Crippen molar-refractivity contribution < 1.29 is 9.72 Å². The van der Waals surface area contributed by atoms with Crippen LogP contribution >= 0.6 is 12.4 Å². The number of hydrogen-bond acceptors (Lipinski definition) is 5. The normalized spacial score (nSPS) is 17.7. The molecule has 2 rings (SSSR count). The lowest BCUT2D eigenvalue weighted by molar-refractivity contribution is -0.385. The van der Waals surface area contributed by atoms with Gasteiger partial charge in [0.15, 0.2) is 0 Å². The number of aryl methyl sites for hydroxylation is 1. The lowest BCUT2D eigenvalue weighted by Crippen LogP contribution is -2.40. The third-order valence-electron chi connectivity index (χ3n) is 3.42. The summed E-state index contributed by atoms with van der Waals surface area (Å²) in [5.41, 5.74) is 6.25. The van der Waals surface area contributed by atoms with Gasteiger partial charge >= 0.3 is 0 Å². The second-order valence-corrected chi connectivity index (χ2v) is 4.61. The lowest BCUT2D eigenvalue weighted by Gasteiger charge is -2.23. The van der Waals surface area contributed by atoms with Gasteiger partial charge in [0.1, 0.15) is 6.20 Å². The first-order valence-corrected chi connectivity index (χ1v) is 6.16. The quantitative estimate of drug-likeness (QED) is 0.669. The Morgan fingerprint density at radius 2 is 2.35 bits per heavy atom. The number of hydrogen-bond donors (Lipinski definition) is 1. The number of carbonyl (C=O) groups is 1. The monoisotopic (exact) mass is 300 g/mol. The van der Waals surface area contributed by atoms with Gasteiger partial charge in [-0.05, 0) is 19.8 Å². The van der Waals surface area contributed by atoms with E-state index in [2.05, 4.69) is 4.98 Å². The maximum Gasteiger partial charge on any atom is 0.288 e. The Morgan fingerprint density at radius 3 is 2.95 bits per heavy atom. The summed E-state index contributed by atoms with van der Waals surface area (Å²) in [7, 11) is 0. The molecule has 1 aliphatic rings. The van der Waals surface area contributed by atoms with Crippen LogP contribution in [0.4, 0.5) is 5.69 Å².